The van der Waals surface area contributed by atoms with E-state index >= 15 is 0 Å². The van der Waals surface area contributed by atoms with Crippen molar-refractivity contribution in [2.24, 2.45) is 0 Å². The number of rotatable bonds is 6. The van der Waals surface area contributed by atoms with Crippen molar-refractivity contribution >= 4 is 11.8 Å². The van der Waals surface area contributed by atoms with Gasteiger partial charge in [-0.15, -0.1) is 0 Å². The minimum atomic E-state index is -1.92. The Morgan fingerprint density at radius 3 is 1.87 bits per heavy atom. The van der Waals surface area contributed by atoms with Gasteiger partial charge < -0.3 is 50.3 Å². The van der Waals surface area contributed by atoms with Crippen LogP contribution in [0.1, 0.15) is 37.9 Å². The third-order valence-electron chi connectivity index (χ3n) is 6.13. The van der Waals surface area contributed by atoms with Gasteiger partial charge in [0.15, 0.2) is 0 Å². The maximum atomic E-state index is 13.0. The molecular weight excluding hydrogens is 504 g/mol. The zero-order valence-corrected chi connectivity index (χ0v) is 19.5. The lowest BCUT2D eigenvalue weighted by Gasteiger charge is -2.40. The van der Waals surface area contributed by atoms with Crippen molar-refractivity contribution in [1.82, 2.24) is 0 Å². The minimum Gasteiger partial charge on any atom is -0.508 e. The second-order valence-electron chi connectivity index (χ2n) is 8.64. The lowest BCUT2D eigenvalue weighted by atomic mass is 9.88. The molecule has 38 heavy (non-hydrogen) atoms. The highest BCUT2D eigenvalue weighted by atomic mass is 16.6. The smallest absolute Gasteiger partial charge is 0.338 e. The van der Waals surface area contributed by atoms with E-state index in [9.17, 15) is 50.4 Å². The first-order valence-corrected chi connectivity index (χ1v) is 11.3. The second-order valence-corrected chi connectivity index (χ2v) is 8.64. The molecule has 200 valence electrons. The molecule has 1 aliphatic heterocycles. The van der Waals surface area contributed by atoms with Gasteiger partial charge in [0, 0.05) is 11.6 Å². The molecule has 4 rings (SSSR count). The largest absolute Gasteiger partial charge is 0.508 e. The molecule has 0 aromatic heterocycles. The average molecular weight is 528 g/mol. The monoisotopic (exact) mass is 528 g/mol. The van der Waals surface area contributed by atoms with Crippen LogP contribution in [-0.2, 0) is 9.47 Å². The fraction of sp³-hybridized carbons (Fsp3) is 0.231. The van der Waals surface area contributed by atoms with Crippen LogP contribution in [0.3, 0.4) is 0 Å². The lowest BCUT2D eigenvalue weighted by molar-refractivity contribution is -0.232. The normalized spacial score (nSPS) is 23.1. The fourth-order valence-corrected chi connectivity index (χ4v) is 4.08. The second kappa shape index (κ2) is 10.6. The number of phenols is 5. The van der Waals surface area contributed by atoms with E-state index in [0.717, 1.165) is 6.07 Å². The third-order valence-corrected chi connectivity index (χ3v) is 6.13. The summed E-state index contributed by atoms with van der Waals surface area (Å²) < 4.78 is 10.7. The molecule has 3 aromatic carbocycles. The molecule has 1 heterocycles. The van der Waals surface area contributed by atoms with Crippen molar-refractivity contribution in [2.45, 2.75) is 30.5 Å². The van der Waals surface area contributed by atoms with Gasteiger partial charge in [-0.25, -0.2) is 4.79 Å². The first kappa shape index (κ1) is 26.7. The van der Waals surface area contributed by atoms with Crippen molar-refractivity contribution in [2.75, 3.05) is 6.61 Å². The Labute approximate surface area is 214 Å². The van der Waals surface area contributed by atoms with E-state index < -0.39 is 77.3 Å². The van der Waals surface area contributed by atoms with E-state index in [1.807, 2.05) is 0 Å². The van der Waals surface area contributed by atoms with Crippen LogP contribution in [0, 0.1) is 0 Å². The van der Waals surface area contributed by atoms with Gasteiger partial charge in [-0.3, -0.25) is 4.79 Å². The van der Waals surface area contributed by atoms with Crippen LogP contribution in [-0.4, -0.2) is 83.6 Å². The zero-order chi connectivity index (χ0) is 27.7. The molecule has 1 fully saturated rings. The molecule has 12 heteroatoms. The molecule has 3 aromatic rings. The van der Waals surface area contributed by atoms with Crippen LogP contribution in [0.15, 0.2) is 54.6 Å². The van der Waals surface area contributed by atoms with Crippen LogP contribution in [0.5, 0.6) is 28.7 Å². The van der Waals surface area contributed by atoms with E-state index in [4.69, 9.17) is 9.47 Å². The van der Waals surface area contributed by atoms with Gasteiger partial charge in [0.05, 0.1) is 11.1 Å². The summed E-state index contributed by atoms with van der Waals surface area (Å²) in [7, 11) is 0. The zero-order valence-electron chi connectivity index (χ0n) is 19.5. The predicted molar refractivity (Wildman–Crippen MR) is 127 cm³/mol. The fourth-order valence-electron chi connectivity index (χ4n) is 4.08. The lowest BCUT2D eigenvalue weighted by Crippen LogP contribution is -2.55. The van der Waals surface area contributed by atoms with Crippen molar-refractivity contribution in [3.05, 3.63) is 76.9 Å². The van der Waals surface area contributed by atoms with Crippen LogP contribution in [0.2, 0.25) is 0 Å². The molecule has 0 saturated carbocycles. The highest BCUT2D eigenvalue weighted by Gasteiger charge is 2.47. The number of phenolic OH excluding ortho intramolecular Hbond substituents is 5. The summed E-state index contributed by atoms with van der Waals surface area (Å²) in [4.78, 5) is 25.3. The highest BCUT2D eigenvalue weighted by Crippen LogP contribution is 2.46. The summed E-state index contributed by atoms with van der Waals surface area (Å²) >= 11 is 0. The van der Waals surface area contributed by atoms with E-state index in [-0.39, 0.29) is 22.6 Å². The molecule has 0 spiro atoms. The average Bonchev–Trinajstić information content (AvgIpc) is 2.88. The van der Waals surface area contributed by atoms with Crippen LogP contribution in [0.25, 0.3) is 0 Å². The highest BCUT2D eigenvalue weighted by molar-refractivity contribution is 6.13. The minimum absolute atomic E-state index is 0.0374. The molecular formula is C26H24O12. The Morgan fingerprint density at radius 2 is 1.29 bits per heavy atom. The number of hydrogen-bond acceptors (Lipinski definition) is 12. The molecule has 12 nitrogen and oxygen atoms in total. The number of esters is 1. The van der Waals surface area contributed by atoms with Gasteiger partial charge in [0.25, 0.3) is 0 Å². The van der Waals surface area contributed by atoms with Gasteiger partial charge >= 0.3 is 5.97 Å². The standard InChI is InChI=1S/C26H24O12/c27-13-5-1-11(2-6-13)20(31)18-15(29)9-16(30)19(22(18)33)25-24(35)23(34)21(32)17(38-25)10-37-26(36)12-3-7-14(28)8-4-12/h1-9,17,21,23-25,27-30,32-35H,10H2/t17-,21-,23+,24-,25+/m1/s1. The molecule has 0 bridgehead atoms. The number of hydrogen-bond donors (Lipinski definition) is 8. The number of aliphatic hydroxyl groups excluding tert-OH is 3. The molecule has 0 aliphatic carbocycles. The topological polar surface area (TPSA) is 214 Å². The number of ether oxygens (including phenoxy) is 2. The first-order valence-electron chi connectivity index (χ1n) is 11.3. The van der Waals surface area contributed by atoms with Crippen molar-refractivity contribution < 1.29 is 59.9 Å². The Morgan fingerprint density at radius 1 is 0.737 bits per heavy atom. The van der Waals surface area contributed by atoms with Gasteiger partial charge in [-0.1, -0.05) is 0 Å². The molecule has 8 N–H and O–H groups in total. The Bertz CT molecular complexity index is 1340. The first-order chi connectivity index (χ1) is 18.0. The molecule has 0 amide bonds. The number of aromatic hydroxyl groups is 5. The number of benzene rings is 3. The molecule has 1 aliphatic rings. The van der Waals surface area contributed by atoms with Gasteiger partial charge in [0.1, 0.15) is 71.4 Å². The van der Waals surface area contributed by atoms with Gasteiger partial charge in [-0.05, 0) is 48.5 Å². The molecule has 0 unspecified atom stereocenters. The molecule has 1 saturated heterocycles. The van der Waals surface area contributed by atoms with Gasteiger partial charge in [-0.2, -0.15) is 0 Å². The van der Waals surface area contributed by atoms with Crippen LogP contribution < -0.4 is 0 Å². The van der Waals surface area contributed by atoms with E-state index in [0.29, 0.717) is 0 Å². The van der Waals surface area contributed by atoms with Crippen molar-refractivity contribution in [1.29, 1.82) is 0 Å². The van der Waals surface area contributed by atoms with Crippen LogP contribution >= 0.6 is 0 Å². The molecule has 0 radical (unpaired) electrons. The number of aliphatic hydroxyl groups is 3. The summed E-state index contributed by atoms with van der Waals surface area (Å²) in [5, 5.41) is 81.9. The van der Waals surface area contributed by atoms with E-state index in [2.05, 4.69) is 0 Å². The maximum absolute atomic E-state index is 13.0. The molecule has 5 atom stereocenters. The Hall–Kier alpha value is -4.36. The summed E-state index contributed by atoms with van der Waals surface area (Å²) in [6.07, 6.45) is -8.77. The SMILES string of the molecule is O=C(OC[C@H]1O[C@@H](c2c(O)cc(O)c(C(=O)c3ccc(O)cc3)c2O)[C@H](O)[C@@H](O)[C@@H]1O)c1ccc(O)cc1. The van der Waals surface area contributed by atoms with E-state index in [1.165, 1.54) is 48.5 Å². The summed E-state index contributed by atoms with van der Waals surface area (Å²) in [5.41, 5.74) is -1.20. The third kappa shape index (κ3) is 5.06. The van der Waals surface area contributed by atoms with E-state index in [1.54, 1.807) is 0 Å². The number of carbonyl (C=O) groups is 2. The van der Waals surface area contributed by atoms with Crippen molar-refractivity contribution in [3.63, 3.8) is 0 Å². The summed E-state index contributed by atoms with van der Waals surface area (Å²) in [6.45, 7) is -0.625. The van der Waals surface area contributed by atoms with Gasteiger partial charge in [0.2, 0.25) is 5.78 Å². The number of carbonyl (C=O) groups excluding carboxylic acids is 2. The maximum Gasteiger partial charge on any atom is 0.338 e. The summed E-state index contributed by atoms with van der Waals surface area (Å²) in [5.74, 6) is -4.52. The Balaban J connectivity index is 1.63. The predicted octanol–water partition coefficient (Wildman–Crippen LogP) is 0.825. The van der Waals surface area contributed by atoms with Crippen molar-refractivity contribution in [3.8, 4) is 28.7 Å². The summed E-state index contributed by atoms with van der Waals surface area (Å²) in [6, 6.07) is 10.7. The number of ketones is 1. The quantitative estimate of drug-likeness (QED) is 0.165. The van der Waals surface area contributed by atoms with Crippen LogP contribution in [0.4, 0.5) is 0 Å². The Kier molecular flexibility index (Phi) is 7.41.